The number of pyridine rings is 1. The summed E-state index contributed by atoms with van der Waals surface area (Å²) in [5.41, 5.74) is 4.77. The second kappa shape index (κ2) is 8.21. The van der Waals surface area contributed by atoms with Crippen LogP contribution in [0.4, 0.5) is 0 Å². The fraction of sp³-hybridized carbons (Fsp3) is 0.619. The van der Waals surface area contributed by atoms with Crippen LogP contribution in [-0.4, -0.2) is 39.1 Å². The highest BCUT2D eigenvalue weighted by molar-refractivity contribution is 5.21. The number of aromatic nitrogens is 3. The van der Waals surface area contributed by atoms with Crippen LogP contribution in [0.2, 0.25) is 0 Å². The van der Waals surface area contributed by atoms with E-state index >= 15 is 0 Å². The van der Waals surface area contributed by atoms with Crippen molar-refractivity contribution in [1.82, 2.24) is 19.4 Å². The molecule has 2 aromatic heterocycles. The van der Waals surface area contributed by atoms with E-state index in [0.29, 0.717) is 24.6 Å². The Morgan fingerprint density at radius 2 is 1.96 bits per heavy atom. The summed E-state index contributed by atoms with van der Waals surface area (Å²) < 4.78 is 7.59. The molecule has 0 saturated carbocycles. The molecule has 5 heteroatoms. The van der Waals surface area contributed by atoms with Gasteiger partial charge in [0.25, 0.3) is 6.01 Å². The molecule has 142 valence electrons. The minimum Gasteiger partial charge on any atom is -0.465 e. The molecule has 0 bridgehead atoms. The first-order chi connectivity index (χ1) is 12.5. The molecule has 0 spiro atoms. The third-order valence-corrected chi connectivity index (χ3v) is 5.32. The van der Waals surface area contributed by atoms with E-state index in [-0.39, 0.29) is 0 Å². The van der Waals surface area contributed by atoms with E-state index in [2.05, 4.69) is 49.0 Å². The minimum absolute atomic E-state index is 0.319. The summed E-state index contributed by atoms with van der Waals surface area (Å²) >= 11 is 0. The largest absolute Gasteiger partial charge is 0.465 e. The smallest absolute Gasteiger partial charge is 0.296 e. The van der Waals surface area contributed by atoms with Gasteiger partial charge in [0.1, 0.15) is 0 Å². The summed E-state index contributed by atoms with van der Waals surface area (Å²) in [6, 6.07) is 5.51. The molecule has 2 aromatic rings. The molecule has 1 aliphatic heterocycles. The summed E-state index contributed by atoms with van der Waals surface area (Å²) in [7, 11) is 2.00. The maximum absolute atomic E-state index is 5.60. The molecule has 2 atom stereocenters. The maximum Gasteiger partial charge on any atom is 0.296 e. The van der Waals surface area contributed by atoms with Gasteiger partial charge < -0.3 is 9.30 Å². The molecular weight excluding hydrogens is 324 g/mol. The van der Waals surface area contributed by atoms with Gasteiger partial charge in [-0.25, -0.2) is 0 Å². The quantitative estimate of drug-likeness (QED) is 0.788. The van der Waals surface area contributed by atoms with Gasteiger partial charge in [-0.1, -0.05) is 0 Å². The molecule has 1 aliphatic rings. The normalized spacial score (nSPS) is 19.5. The van der Waals surface area contributed by atoms with Gasteiger partial charge in [0, 0.05) is 31.2 Å². The van der Waals surface area contributed by atoms with E-state index in [1.807, 2.05) is 18.5 Å². The van der Waals surface area contributed by atoms with Gasteiger partial charge in [0.2, 0.25) is 0 Å². The van der Waals surface area contributed by atoms with Crippen molar-refractivity contribution in [3.63, 3.8) is 0 Å². The van der Waals surface area contributed by atoms with Gasteiger partial charge in [-0.05, 0) is 77.1 Å². The van der Waals surface area contributed by atoms with Crippen LogP contribution in [-0.2, 0) is 13.5 Å². The molecule has 1 unspecified atom stereocenters. The molecule has 3 rings (SSSR count). The average Bonchev–Trinajstić information content (AvgIpc) is 2.95. The molecule has 0 radical (unpaired) electrons. The Labute approximate surface area is 157 Å². The molecule has 0 aliphatic carbocycles. The molecule has 3 heterocycles. The zero-order chi connectivity index (χ0) is 18.7. The first-order valence-corrected chi connectivity index (χ1v) is 9.80. The fourth-order valence-electron chi connectivity index (χ4n) is 4.11. The Kier molecular flexibility index (Phi) is 5.97. The van der Waals surface area contributed by atoms with Crippen molar-refractivity contribution in [2.45, 2.75) is 53.0 Å². The molecule has 1 saturated heterocycles. The Balaban J connectivity index is 1.66. The zero-order valence-electron chi connectivity index (χ0n) is 16.8. The number of piperidine rings is 1. The maximum atomic E-state index is 5.60. The summed E-state index contributed by atoms with van der Waals surface area (Å²) in [5, 5.41) is 0. The monoisotopic (exact) mass is 356 g/mol. The molecular formula is C21H32N4O. The van der Waals surface area contributed by atoms with E-state index < -0.39 is 0 Å². The van der Waals surface area contributed by atoms with Crippen molar-refractivity contribution < 1.29 is 4.74 Å². The van der Waals surface area contributed by atoms with Gasteiger partial charge in [-0.15, -0.1) is 0 Å². The molecule has 5 nitrogen and oxygen atoms in total. The molecule has 0 amide bonds. The van der Waals surface area contributed by atoms with Crippen LogP contribution in [0, 0.1) is 19.8 Å². The van der Waals surface area contributed by atoms with Gasteiger partial charge in [-0.3, -0.25) is 9.88 Å². The highest BCUT2D eigenvalue weighted by atomic mass is 16.5. The van der Waals surface area contributed by atoms with Crippen LogP contribution in [0.25, 0.3) is 0 Å². The predicted octanol–water partition coefficient (Wildman–Crippen LogP) is 3.85. The van der Waals surface area contributed by atoms with Crippen molar-refractivity contribution in [3.8, 4) is 6.01 Å². The second-order valence-electron chi connectivity index (χ2n) is 7.63. The lowest BCUT2D eigenvalue weighted by atomic mass is 9.90. The van der Waals surface area contributed by atoms with Gasteiger partial charge >= 0.3 is 0 Å². The van der Waals surface area contributed by atoms with E-state index in [1.54, 1.807) is 0 Å². The first kappa shape index (κ1) is 18.9. The Morgan fingerprint density at radius 3 is 2.65 bits per heavy atom. The molecule has 0 N–H and O–H groups in total. The molecule has 1 fully saturated rings. The number of hydrogen-bond acceptors (Lipinski definition) is 4. The Hall–Kier alpha value is -1.88. The van der Waals surface area contributed by atoms with Crippen LogP contribution in [0.1, 0.15) is 55.4 Å². The van der Waals surface area contributed by atoms with Crippen LogP contribution < -0.4 is 4.74 Å². The van der Waals surface area contributed by atoms with Crippen LogP contribution in [0.5, 0.6) is 6.01 Å². The van der Waals surface area contributed by atoms with E-state index in [4.69, 9.17) is 9.72 Å². The number of rotatable bonds is 6. The SMILES string of the molecule is CCOc1nc(C(C)N2CCC[C@H](Cc3cc(C)nc(C)c3)C2)cn1C. The lowest BCUT2D eigenvalue weighted by Gasteiger charge is -2.36. The summed E-state index contributed by atoms with van der Waals surface area (Å²) in [6.07, 6.45) is 5.80. The number of imidazole rings is 1. The van der Waals surface area contributed by atoms with E-state index in [1.165, 1.54) is 18.4 Å². The lowest BCUT2D eigenvalue weighted by molar-refractivity contribution is 0.129. The summed E-state index contributed by atoms with van der Waals surface area (Å²) in [4.78, 5) is 11.8. The fourth-order valence-corrected chi connectivity index (χ4v) is 4.11. The number of likely N-dealkylation sites (tertiary alicyclic amines) is 1. The highest BCUT2D eigenvalue weighted by Crippen LogP contribution is 2.29. The number of aryl methyl sites for hydroxylation is 3. The summed E-state index contributed by atoms with van der Waals surface area (Å²) in [5.74, 6) is 0.697. The van der Waals surface area contributed by atoms with Crippen molar-refractivity contribution in [3.05, 3.63) is 41.0 Å². The van der Waals surface area contributed by atoms with Gasteiger partial charge in [0.15, 0.2) is 0 Å². The van der Waals surface area contributed by atoms with Crippen molar-refractivity contribution in [1.29, 1.82) is 0 Å². The second-order valence-corrected chi connectivity index (χ2v) is 7.63. The van der Waals surface area contributed by atoms with Crippen LogP contribution in [0.3, 0.4) is 0 Å². The first-order valence-electron chi connectivity index (χ1n) is 9.80. The Morgan fingerprint density at radius 1 is 1.23 bits per heavy atom. The van der Waals surface area contributed by atoms with Crippen molar-refractivity contribution in [2.24, 2.45) is 13.0 Å². The average molecular weight is 357 g/mol. The lowest BCUT2D eigenvalue weighted by Crippen LogP contribution is -2.38. The van der Waals surface area contributed by atoms with Crippen molar-refractivity contribution >= 4 is 0 Å². The van der Waals surface area contributed by atoms with E-state index in [9.17, 15) is 0 Å². The van der Waals surface area contributed by atoms with Gasteiger partial charge in [0.05, 0.1) is 18.3 Å². The zero-order valence-corrected chi connectivity index (χ0v) is 16.8. The predicted molar refractivity (Wildman–Crippen MR) is 105 cm³/mol. The number of nitrogens with zero attached hydrogens (tertiary/aromatic N) is 4. The van der Waals surface area contributed by atoms with Gasteiger partial charge in [-0.2, -0.15) is 4.98 Å². The molecule has 0 aromatic carbocycles. The van der Waals surface area contributed by atoms with Crippen LogP contribution >= 0.6 is 0 Å². The number of hydrogen-bond donors (Lipinski definition) is 0. The van der Waals surface area contributed by atoms with E-state index in [0.717, 1.165) is 36.6 Å². The summed E-state index contributed by atoms with van der Waals surface area (Å²) in [6.45, 7) is 11.4. The minimum atomic E-state index is 0.319. The third kappa shape index (κ3) is 4.44. The number of ether oxygens (including phenoxy) is 1. The van der Waals surface area contributed by atoms with Crippen LogP contribution in [0.15, 0.2) is 18.3 Å². The van der Waals surface area contributed by atoms with Crippen molar-refractivity contribution in [2.75, 3.05) is 19.7 Å². The topological polar surface area (TPSA) is 43.2 Å². The highest BCUT2D eigenvalue weighted by Gasteiger charge is 2.26. The standard InChI is InChI=1S/C21H32N4O/c1-6-26-21-23-20(14-24(21)5)17(4)25-9-7-8-18(13-25)12-19-10-15(2)22-16(3)11-19/h10-11,14,17-18H,6-9,12-13H2,1-5H3/t17?,18-/m1/s1. The molecule has 26 heavy (non-hydrogen) atoms. The Bertz CT molecular complexity index is 719. The third-order valence-electron chi connectivity index (χ3n) is 5.32.